The highest BCUT2D eigenvalue weighted by atomic mass is 79.9. The van der Waals surface area contributed by atoms with Crippen molar-refractivity contribution in [2.45, 2.75) is 6.92 Å². The number of likely N-dealkylation sites (N-methyl/N-ethyl adjacent to an activating group) is 1. The molecule has 0 fully saturated rings. The molecule has 18 heavy (non-hydrogen) atoms. The van der Waals surface area contributed by atoms with Crippen LogP contribution >= 0.6 is 15.9 Å². The minimum absolute atomic E-state index is 0.0247. The second-order valence-corrected chi connectivity index (χ2v) is 4.43. The summed E-state index contributed by atoms with van der Waals surface area (Å²) in [5.74, 6) is -1.72. The highest BCUT2D eigenvalue weighted by Crippen LogP contribution is 2.29. The summed E-state index contributed by atoms with van der Waals surface area (Å²) in [7, 11) is 1.58. The van der Waals surface area contributed by atoms with Gasteiger partial charge in [-0.15, -0.1) is 0 Å². The van der Waals surface area contributed by atoms with Crippen molar-refractivity contribution in [2.75, 3.05) is 31.7 Å². The minimum Gasteiger partial charge on any atom is -0.478 e. The van der Waals surface area contributed by atoms with Crippen LogP contribution in [0.2, 0.25) is 0 Å². The summed E-state index contributed by atoms with van der Waals surface area (Å²) in [5.41, 5.74) is 0.283. The fourth-order valence-electron chi connectivity index (χ4n) is 1.60. The standard InChI is InChI=1S/C12H15BrFNO3/c1-3-15(6-7-18-2)9-5-4-8(12(16)17)10(13)11(9)14/h4-5H,3,6-7H2,1-2H3,(H,16,17). The van der Waals surface area contributed by atoms with Crippen molar-refractivity contribution >= 4 is 27.6 Å². The molecule has 0 radical (unpaired) electrons. The van der Waals surface area contributed by atoms with E-state index >= 15 is 0 Å². The molecule has 0 heterocycles. The Morgan fingerprint density at radius 3 is 2.72 bits per heavy atom. The van der Waals surface area contributed by atoms with Gasteiger partial charge in [-0.05, 0) is 35.0 Å². The van der Waals surface area contributed by atoms with Crippen molar-refractivity contribution in [1.82, 2.24) is 0 Å². The van der Waals surface area contributed by atoms with Gasteiger partial charge in [-0.2, -0.15) is 0 Å². The molecular weight excluding hydrogens is 305 g/mol. The van der Waals surface area contributed by atoms with Gasteiger partial charge in [-0.1, -0.05) is 0 Å². The van der Waals surface area contributed by atoms with Crippen LogP contribution < -0.4 is 4.90 Å². The van der Waals surface area contributed by atoms with Crippen molar-refractivity contribution in [3.63, 3.8) is 0 Å². The second kappa shape index (κ2) is 6.70. The number of hydrogen-bond donors (Lipinski definition) is 1. The average molecular weight is 320 g/mol. The van der Waals surface area contributed by atoms with E-state index in [1.54, 1.807) is 12.0 Å². The van der Waals surface area contributed by atoms with Crippen LogP contribution in [0.1, 0.15) is 17.3 Å². The SMILES string of the molecule is CCN(CCOC)c1ccc(C(=O)O)c(Br)c1F. The summed E-state index contributed by atoms with van der Waals surface area (Å²) in [6.07, 6.45) is 0. The number of carbonyl (C=O) groups is 1. The van der Waals surface area contributed by atoms with E-state index in [2.05, 4.69) is 15.9 Å². The fourth-order valence-corrected chi connectivity index (χ4v) is 2.10. The van der Waals surface area contributed by atoms with Crippen LogP contribution in [0.3, 0.4) is 0 Å². The van der Waals surface area contributed by atoms with Gasteiger partial charge in [-0.25, -0.2) is 9.18 Å². The molecule has 0 spiro atoms. The lowest BCUT2D eigenvalue weighted by atomic mass is 10.2. The molecule has 100 valence electrons. The van der Waals surface area contributed by atoms with Crippen LogP contribution in [0.25, 0.3) is 0 Å². The summed E-state index contributed by atoms with van der Waals surface area (Å²) in [4.78, 5) is 12.7. The molecule has 0 aliphatic carbocycles. The van der Waals surface area contributed by atoms with E-state index in [4.69, 9.17) is 9.84 Å². The number of halogens is 2. The fraction of sp³-hybridized carbons (Fsp3) is 0.417. The number of carboxylic acids is 1. The molecule has 0 saturated carbocycles. The van der Waals surface area contributed by atoms with Crippen molar-refractivity contribution in [1.29, 1.82) is 0 Å². The lowest BCUT2D eigenvalue weighted by Gasteiger charge is -2.23. The van der Waals surface area contributed by atoms with Crippen LogP contribution in [0.15, 0.2) is 16.6 Å². The molecule has 0 aliphatic heterocycles. The quantitative estimate of drug-likeness (QED) is 0.876. The topological polar surface area (TPSA) is 49.8 Å². The van der Waals surface area contributed by atoms with Crippen LogP contribution in [-0.4, -0.2) is 37.9 Å². The molecule has 0 amide bonds. The molecular formula is C12H15BrFNO3. The maximum atomic E-state index is 14.1. The molecule has 0 bridgehead atoms. The normalized spacial score (nSPS) is 10.4. The predicted octanol–water partition coefficient (Wildman–Crippen LogP) is 2.76. The second-order valence-electron chi connectivity index (χ2n) is 3.64. The monoisotopic (exact) mass is 319 g/mol. The first-order chi connectivity index (χ1) is 8.52. The molecule has 0 saturated heterocycles. The molecule has 4 nitrogen and oxygen atoms in total. The molecule has 0 aromatic heterocycles. The summed E-state index contributed by atoms with van der Waals surface area (Å²) in [6, 6.07) is 2.86. The summed E-state index contributed by atoms with van der Waals surface area (Å²) in [6.45, 7) is 3.53. The Morgan fingerprint density at radius 2 is 2.22 bits per heavy atom. The zero-order chi connectivity index (χ0) is 13.7. The number of aromatic carboxylic acids is 1. The van der Waals surface area contributed by atoms with Gasteiger partial charge in [0.1, 0.15) is 0 Å². The first-order valence-electron chi connectivity index (χ1n) is 5.48. The molecule has 1 aromatic rings. The Hall–Kier alpha value is -1.14. The van der Waals surface area contributed by atoms with Gasteiger partial charge < -0.3 is 14.7 Å². The lowest BCUT2D eigenvalue weighted by molar-refractivity contribution is 0.0695. The third-order valence-electron chi connectivity index (χ3n) is 2.58. The Kier molecular flexibility index (Phi) is 5.55. The maximum Gasteiger partial charge on any atom is 0.336 e. The van der Waals surface area contributed by atoms with E-state index < -0.39 is 11.8 Å². The Labute approximate surface area is 113 Å². The van der Waals surface area contributed by atoms with Gasteiger partial charge in [-0.3, -0.25) is 0 Å². The number of ether oxygens (including phenoxy) is 1. The van der Waals surface area contributed by atoms with Gasteiger partial charge in [0.05, 0.1) is 22.3 Å². The van der Waals surface area contributed by atoms with Crippen molar-refractivity contribution in [2.24, 2.45) is 0 Å². The summed E-state index contributed by atoms with van der Waals surface area (Å²) in [5, 5.41) is 8.89. The van der Waals surface area contributed by atoms with Crippen molar-refractivity contribution in [3.8, 4) is 0 Å². The molecule has 1 N–H and O–H groups in total. The number of benzene rings is 1. The van der Waals surface area contributed by atoms with E-state index in [0.717, 1.165) is 0 Å². The molecule has 0 unspecified atom stereocenters. The van der Waals surface area contributed by atoms with Crippen LogP contribution in [0.5, 0.6) is 0 Å². The van der Waals surface area contributed by atoms with Gasteiger partial charge in [0, 0.05) is 20.2 Å². The zero-order valence-corrected chi connectivity index (χ0v) is 11.8. The number of nitrogens with zero attached hydrogens (tertiary/aromatic N) is 1. The number of hydrogen-bond acceptors (Lipinski definition) is 3. The van der Waals surface area contributed by atoms with E-state index in [1.165, 1.54) is 12.1 Å². The Morgan fingerprint density at radius 1 is 1.56 bits per heavy atom. The Balaban J connectivity index is 3.09. The average Bonchev–Trinajstić information content (AvgIpc) is 2.34. The number of methoxy groups -OCH3 is 1. The molecule has 0 atom stereocenters. The van der Waals surface area contributed by atoms with Crippen molar-refractivity contribution in [3.05, 3.63) is 28.0 Å². The third kappa shape index (κ3) is 3.20. The number of carboxylic acid groups (broad SMARTS) is 1. The van der Waals surface area contributed by atoms with Gasteiger partial charge in [0.2, 0.25) is 0 Å². The largest absolute Gasteiger partial charge is 0.478 e. The van der Waals surface area contributed by atoms with Gasteiger partial charge in [0.15, 0.2) is 5.82 Å². The molecule has 1 aromatic carbocycles. The van der Waals surface area contributed by atoms with Crippen LogP contribution in [-0.2, 0) is 4.74 Å². The number of anilines is 1. The van der Waals surface area contributed by atoms with E-state index in [9.17, 15) is 9.18 Å². The van der Waals surface area contributed by atoms with Gasteiger partial charge >= 0.3 is 5.97 Å². The molecule has 1 rings (SSSR count). The Bertz CT molecular complexity index is 440. The summed E-state index contributed by atoms with van der Waals surface area (Å²) < 4.78 is 19.0. The lowest BCUT2D eigenvalue weighted by Crippen LogP contribution is -2.28. The predicted molar refractivity (Wildman–Crippen MR) is 70.8 cm³/mol. The van der Waals surface area contributed by atoms with E-state index in [1.807, 2.05) is 6.92 Å². The molecule has 6 heteroatoms. The van der Waals surface area contributed by atoms with Crippen LogP contribution in [0.4, 0.5) is 10.1 Å². The minimum atomic E-state index is -1.16. The maximum absolute atomic E-state index is 14.1. The highest BCUT2D eigenvalue weighted by molar-refractivity contribution is 9.10. The first kappa shape index (κ1) is 14.9. The molecule has 0 aliphatic rings. The summed E-state index contributed by atoms with van der Waals surface area (Å²) >= 11 is 2.98. The van der Waals surface area contributed by atoms with Crippen molar-refractivity contribution < 1.29 is 19.0 Å². The zero-order valence-electron chi connectivity index (χ0n) is 10.2. The number of rotatable bonds is 6. The first-order valence-corrected chi connectivity index (χ1v) is 6.27. The third-order valence-corrected chi connectivity index (χ3v) is 3.36. The van der Waals surface area contributed by atoms with Crippen LogP contribution in [0, 0.1) is 5.82 Å². The van der Waals surface area contributed by atoms with E-state index in [-0.39, 0.29) is 10.0 Å². The van der Waals surface area contributed by atoms with Gasteiger partial charge in [0.25, 0.3) is 0 Å². The van der Waals surface area contributed by atoms with E-state index in [0.29, 0.717) is 25.4 Å². The smallest absolute Gasteiger partial charge is 0.336 e. The highest BCUT2D eigenvalue weighted by Gasteiger charge is 2.18.